The van der Waals surface area contributed by atoms with E-state index in [1.54, 1.807) is 0 Å². The number of benzene rings is 1. The third kappa shape index (κ3) is 4.15. The number of hydrogen-bond donors (Lipinski definition) is 1. The maximum atomic E-state index is 12.2. The first-order chi connectivity index (χ1) is 10.3. The summed E-state index contributed by atoms with van der Waals surface area (Å²) in [5.41, 5.74) is -4.91. The summed E-state index contributed by atoms with van der Waals surface area (Å²) in [7, 11) is -5.40. The molecule has 0 spiro atoms. The molecule has 1 aromatic rings. The standard InChI is InChI=1S/C15H12F3NO2S/c16-15(17,18)22(20,21)19-14-10-8-13(9-11-14)7-6-12-4-2-1-3-5-12/h1-4,8-12,19H,5H2. The largest absolute Gasteiger partial charge is 0.516 e. The Balaban J connectivity index is 2.07. The Kier molecular flexibility index (Phi) is 4.62. The average Bonchev–Trinajstić information content (AvgIpc) is 2.46. The fraction of sp³-hybridized carbons (Fsp3) is 0.200. The number of hydrogen-bond acceptors (Lipinski definition) is 2. The molecule has 1 N–H and O–H groups in total. The van der Waals surface area contributed by atoms with Crippen LogP contribution in [0.25, 0.3) is 0 Å². The highest BCUT2D eigenvalue weighted by Crippen LogP contribution is 2.25. The SMILES string of the molecule is O=S(=O)(Nc1ccc(C#CC2C=CC=CC2)cc1)C(F)(F)F. The van der Waals surface area contributed by atoms with Crippen LogP contribution >= 0.6 is 0 Å². The first kappa shape index (κ1) is 16.2. The molecule has 0 heterocycles. The Morgan fingerprint density at radius 3 is 2.36 bits per heavy atom. The minimum atomic E-state index is -5.40. The molecule has 3 nitrogen and oxygen atoms in total. The van der Waals surface area contributed by atoms with E-state index in [0.717, 1.165) is 6.42 Å². The molecule has 0 fully saturated rings. The molecule has 7 heteroatoms. The highest BCUT2D eigenvalue weighted by molar-refractivity contribution is 7.93. The molecule has 0 radical (unpaired) electrons. The molecule has 1 unspecified atom stereocenters. The van der Waals surface area contributed by atoms with E-state index >= 15 is 0 Å². The second-order valence-corrected chi connectivity index (χ2v) is 6.23. The molecular weight excluding hydrogens is 315 g/mol. The van der Waals surface area contributed by atoms with Gasteiger partial charge in [-0.05, 0) is 30.7 Å². The minimum Gasteiger partial charge on any atom is -0.276 e. The first-order valence-corrected chi connectivity index (χ1v) is 7.80. The van der Waals surface area contributed by atoms with Crippen molar-refractivity contribution in [2.75, 3.05) is 4.72 Å². The lowest BCUT2D eigenvalue weighted by atomic mass is 10.0. The fourth-order valence-electron chi connectivity index (χ4n) is 1.70. The molecule has 0 aromatic heterocycles. The van der Waals surface area contributed by atoms with Crippen LogP contribution < -0.4 is 4.72 Å². The quantitative estimate of drug-likeness (QED) is 0.846. The third-order valence-electron chi connectivity index (χ3n) is 2.82. The van der Waals surface area contributed by atoms with Crippen molar-refractivity contribution in [2.45, 2.75) is 11.9 Å². The van der Waals surface area contributed by atoms with Crippen molar-refractivity contribution >= 4 is 15.7 Å². The number of rotatable bonds is 2. The van der Waals surface area contributed by atoms with Gasteiger partial charge in [0, 0.05) is 17.2 Å². The van der Waals surface area contributed by atoms with E-state index in [-0.39, 0.29) is 11.6 Å². The fourth-order valence-corrected chi connectivity index (χ4v) is 2.26. The highest BCUT2D eigenvalue weighted by Gasteiger charge is 2.45. The lowest BCUT2D eigenvalue weighted by Gasteiger charge is -2.10. The highest BCUT2D eigenvalue weighted by atomic mass is 32.2. The van der Waals surface area contributed by atoms with E-state index < -0.39 is 15.5 Å². The molecule has 0 amide bonds. The summed E-state index contributed by atoms with van der Waals surface area (Å²) in [4.78, 5) is 0. The van der Waals surface area contributed by atoms with E-state index in [1.165, 1.54) is 29.0 Å². The van der Waals surface area contributed by atoms with Gasteiger partial charge in [-0.2, -0.15) is 21.6 Å². The van der Waals surface area contributed by atoms with Gasteiger partial charge in [-0.3, -0.25) is 4.72 Å². The monoisotopic (exact) mass is 327 g/mol. The predicted molar refractivity (Wildman–Crippen MR) is 78.3 cm³/mol. The lowest BCUT2D eigenvalue weighted by Crippen LogP contribution is -2.29. The van der Waals surface area contributed by atoms with E-state index in [9.17, 15) is 21.6 Å². The van der Waals surface area contributed by atoms with Crippen molar-refractivity contribution in [3.63, 3.8) is 0 Å². The normalized spacial score (nSPS) is 17.7. The zero-order valence-electron chi connectivity index (χ0n) is 11.3. The molecule has 1 aliphatic rings. The number of alkyl halides is 3. The first-order valence-electron chi connectivity index (χ1n) is 6.32. The summed E-state index contributed by atoms with van der Waals surface area (Å²) >= 11 is 0. The van der Waals surface area contributed by atoms with Crippen LogP contribution in [0, 0.1) is 17.8 Å². The van der Waals surface area contributed by atoms with Gasteiger partial charge >= 0.3 is 15.5 Å². The summed E-state index contributed by atoms with van der Waals surface area (Å²) in [6.07, 6.45) is 8.59. The van der Waals surface area contributed by atoms with E-state index in [4.69, 9.17) is 0 Å². The van der Waals surface area contributed by atoms with Gasteiger partial charge in [0.1, 0.15) is 0 Å². The second kappa shape index (κ2) is 6.28. The molecule has 1 aliphatic carbocycles. The molecule has 0 aliphatic heterocycles. The van der Waals surface area contributed by atoms with Gasteiger partial charge in [0.15, 0.2) is 0 Å². The topological polar surface area (TPSA) is 46.2 Å². The molecule has 0 saturated heterocycles. The predicted octanol–water partition coefficient (Wildman–Crippen LogP) is 3.43. The smallest absolute Gasteiger partial charge is 0.276 e. The molecule has 116 valence electrons. The van der Waals surface area contributed by atoms with Gasteiger partial charge in [-0.25, -0.2) is 0 Å². The van der Waals surface area contributed by atoms with Crippen LogP contribution in [0.4, 0.5) is 18.9 Å². The molecule has 22 heavy (non-hydrogen) atoms. The van der Waals surface area contributed by atoms with Gasteiger partial charge in [-0.1, -0.05) is 36.1 Å². The van der Waals surface area contributed by atoms with Crippen molar-refractivity contribution in [2.24, 2.45) is 5.92 Å². The maximum absolute atomic E-state index is 12.2. The minimum absolute atomic E-state index is 0.105. The summed E-state index contributed by atoms with van der Waals surface area (Å²) in [5.74, 6) is 6.03. The van der Waals surface area contributed by atoms with Crippen LogP contribution in [0.15, 0.2) is 48.6 Å². The number of halogens is 3. The number of allylic oxidation sites excluding steroid dienone is 4. The van der Waals surface area contributed by atoms with Gasteiger partial charge < -0.3 is 0 Å². The van der Waals surface area contributed by atoms with Crippen molar-refractivity contribution in [3.05, 3.63) is 54.1 Å². The maximum Gasteiger partial charge on any atom is 0.516 e. The summed E-state index contributed by atoms with van der Waals surface area (Å²) in [5, 5.41) is 0. The van der Waals surface area contributed by atoms with Crippen LogP contribution in [0.2, 0.25) is 0 Å². The third-order valence-corrected chi connectivity index (χ3v) is 3.94. The lowest BCUT2D eigenvalue weighted by molar-refractivity contribution is -0.0429. The molecule has 1 atom stereocenters. The Morgan fingerprint density at radius 2 is 1.82 bits per heavy atom. The Morgan fingerprint density at radius 1 is 1.14 bits per heavy atom. The van der Waals surface area contributed by atoms with Crippen LogP contribution in [0.5, 0.6) is 0 Å². The zero-order valence-corrected chi connectivity index (χ0v) is 12.1. The Labute approximate surface area is 126 Å². The summed E-state index contributed by atoms with van der Waals surface area (Å²) in [6.45, 7) is 0. The van der Waals surface area contributed by atoms with E-state index in [0.29, 0.717) is 5.56 Å². The van der Waals surface area contributed by atoms with Crippen LogP contribution in [0.1, 0.15) is 12.0 Å². The zero-order chi connectivity index (χ0) is 16.2. The molecule has 0 bridgehead atoms. The second-order valence-electron chi connectivity index (χ2n) is 4.55. The van der Waals surface area contributed by atoms with Crippen LogP contribution in [-0.2, 0) is 10.0 Å². The van der Waals surface area contributed by atoms with Gasteiger partial charge in [0.05, 0.1) is 0 Å². The number of nitrogens with one attached hydrogen (secondary N) is 1. The molecule has 0 saturated carbocycles. The number of anilines is 1. The van der Waals surface area contributed by atoms with Crippen molar-refractivity contribution < 1.29 is 21.6 Å². The van der Waals surface area contributed by atoms with E-state index in [2.05, 4.69) is 11.8 Å². The summed E-state index contributed by atoms with van der Waals surface area (Å²) in [6, 6.07) is 5.40. The van der Waals surface area contributed by atoms with Crippen LogP contribution in [0.3, 0.4) is 0 Å². The molecule has 2 rings (SSSR count). The van der Waals surface area contributed by atoms with Gasteiger partial charge in [0.2, 0.25) is 0 Å². The number of sulfonamides is 1. The van der Waals surface area contributed by atoms with Gasteiger partial charge in [0.25, 0.3) is 0 Å². The van der Waals surface area contributed by atoms with Crippen LogP contribution in [-0.4, -0.2) is 13.9 Å². The van der Waals surface area contributed by atoms with Crippen molar-refractivity contribution in [3.8, 4) is 11.8 Å². The summed E-state index contributed by atoms with van der Waals surface area (Å²) < 4.78 is 60.1. The average molecular weight is 327 g/mol. The Hall–Kier alpha value is -2.20. The Bertz CT molecular complexity index is 751. The molecule has 1 aromatic carbocycles. The van der Waals surface area contributed by atoms with Gasteiger partial charge in [-0.15, -0.1) is 0 Å². The molecular formula is C15H12F3NO2S. The van der Waals surface area contributed by atoms with Crippen molar-refractivity contribution in [1.82, 2.24) is 0 Å². The van der Waals surface area contributed by atoms with E-state index in [1.807, 2.05) is 24.3 Å². The van der Waals surface area contributed by atoms with Crippen molar-refractivity contribution in [1.29, 1.82) is 0 Å².